The number of carbonyl (C=O) groups is 1. The van der Waals surface area contributed by atoms with Crippen LogP contribution in [0.5, 0.6) is 0 Å². The van der Waals surface area contributed by atoms with E-state index in [4.69, 9.17) is 29.4 Å². The molecule has 0 bridgehead atoms. The maximum absolute atomic E-state index is 12.5. The molecular formula is C29H38N8O3. The number of ether oxygens (including phenoxy) is 2. The van der Waals surface area contributed by atoms with Crippen molar-refractivity contribution in [2.45, 2.75) is 52.6 Å². The molecule has 11 nitrogen and oxygen atoms in total. The molecule has 5 heterocycles. The summed E-state index contributed by atoms with van der Waals surface area (Å²) in [6.45, 7) is 11.9. The fraction of sp³-hybridized carbons (Fsp3) is 0.552. The lowest BCUT2D eigenvalue weighted by Gasteiger charge is -2.33. The van der Waals surface area contributed by atoms with Crippen LogP contribution in [0.1, 0.15) is 45.3 Å². The first-order valence-corrected chi connectivity index (χ1v) is 14.2. The normalized spacial score (nSPS) is 17.2. The molecule has 2 fully saturated rings. The number of aromatic nitrogens is 6. The number of benzene rings is 1. The molecule has 0 saturated carbocycles. The van der Waals surface area contributed by atoms with E-state index in [-0.39, 0.29) is 6.09 Å². The van der Waals surface area contributed by atoms with Gasteiger partial charge >= 0.3 is 6.09 Å². The molecule has 0 unspecified atom stereocenters. The number of imidazole rings is 2. The number of hydrogen-bond acceptors (Lipinski definition) is 8. The maximum Gasteiger partial charge on any atom is 0.410 e. The van der Waals surface area contributed by atoms with Crippen molar-refractivity contribution in [3.8, 4) is 5.95 Å². The van der Waals surface area contributed by atoms with Crippen molar-refractivity contribution in [3.63, 3.8) is 0 Å². The van der Waals surface area contributed by atoms with Gasteiger partial charge in [0, 0.05) is 39.6 Å². The second-order valence-corrected chi connectivity index (χ2v) is 11.8. The van der Waals surface area contributed by atoms with Crippen molar-refractivity contribution in [1.82, 2.24) is 34.0 Å². The third-order valence-corrected chi connectivity index (χ3v) is 7.76. The molecule has 0 aliphatic carbocycles. The lowest BCUT2D eigenvalue weighted by Crippen LogP contribution is -2.42. The van der Waals surface area contributed by atoms with Gasteiger partial charge in [-0.2, -0.15) is 9.97 Å². The van der Waals surface area contributed by atoms with Crippen molar-refractivity contribution in [2.24, 2.45) is 13.0 Å². The fourth-order valence-corrected chi connectivity index (χ4v) is 5.66. The molecule has 0 atom stereocenters. The average molecular weight is 547 g/mol. The van der Waals surface area contributed by atoms with Gasteiger partial charge in [-0.1, -0.05) is 12.1 Å². The number of amides is 1. The van der Waals surface area contributed by atoms with Gasteiger partial charge in [-0.15, -0.1) is 0 Å². The molecule has 4 aromatic rings. The molecule has 3 aromatic heterocycles. The summed E-state index contributed by atoms with van der Waals surface area (Å²) in [6, 6.07) is 8.07. The highest BCUT2D eigenvalue weighted by molar-refractivity contribution is 5.86. The Kier molecular flexibility index (Phi) is 6.85. The molecule has 212 valence electrons. The van der Waals surface area contributed by atoms with Gasteiger partial charge in [-0.25, -0.2) is 14.8 Å². The van der Waals surface area contributed by atoms with Crippen molar-refractivity contribution in [3.05, 3.63) is 35.9 Å². The molecule has 6 rings (SSSR count). The van der Waals surface area contributed by atoms with E-state index in [2.05, 4.69) is 15.5 Å². The summed E-state index contributed by atoms with van der Waals surface area (Å²) in [6.07, 6.45) is 2.42. The van der Waals surface area contributed by atoms with Gasteiger partial charge < -0.3 is 23.8 Å². The highest BCUT2D eigenvalue weighted by Gasteiger charge is 2.29. The molecule has 0 N–H and O–H groups in total. The smallest absolute Gasteiger partial charge is 0.410 e. The number of fused-ring (bicyclic) bond motifs is 2. The number of aryl methyl sites for hydroxylation is 2. The first kappa shape index (κ1) is 26.5. The summed E-state index contributed by atoms with van der Waals surface area (Å²) in [4.78, 5) is 36.6. The number of hydrogen-bond donors (Lipinski definition) is 0. The number of rotatable bonds is 4. The molecule has 1 amide bonds. The van der Waals surface area contributed by atoms with Gasteiger partial charge in [0.05, 0.1) is 24.2 Å². The van der Waals surface area contributed by atoms with Gasteiger partial charge in [0.15, 0.2) is 17.0 Å². The summed E-state index contributed by atoms with van der Waals surface area (Å²) >= 11 is 0. The topological polar surface area (TPSA) is 103 Å². The van der Waals surface area contributed by atoms with Crippen LogP contribution >= 0.6 is 0 Å². The summed E-state index contributed by atoms with van der Waals surface area (Å²) in [7, 11) is 2.04. The van der Waals surface area contributed by atoms with Gasteiger partial charge in [0.2, 0.25) is 5.95 Å². The van der Waals surface area contributed by atoms with Gasteiger partial charge in [0.1, 0.15) is 17.2 Å². The Morgan fingerprint density at radius 2 is 1.75 bits per heavy atom. The fourth-order valence-electron chi connectivity index (χ4n) is 5.66. The molecule has 11 heteroatoms. The lowest BCUT2D eigenvalue weighted by molar-refractivity contribution is 0.0183. The zero-order valence-corrected chi connectivity index (χ0v) is 24.1. The van der Waals surface area contributed by atoms with Crippen LogP contribution in [0.25, 0.3) is 28.1 Å². The Hall–Kier alpha value is -3.73. The Balaban J connectivity index is 1.32. The first-order valence-electron chi connectivity index (χ1n) is 14.2. The quantitative estimate of drug-likeness (QED) is 0.378. The van der Waals surface area contributed by atoms with E-state index in [0.29, 0.717) is 38.2 Å². The van der Waals surface area contributed by atoms with E-state index in [0.717, 1.165) is 72.0 Å². The minimum atomic E-state index is -0.485. The van der Waals surface area contributed by atoms with Crippen LogP contribution in [0.2, 0.25) is 0 Å². The van der Waals surface area contributed by atoms with Crippen molar-refractivity contribution in [2.75, 3.05) is 44.3 Å². The number of nitrogens with zero attached hydrogens (tertiary/aromatic N) is 8. The highest BCUT2D eigenvalue weighted by atomic mass is 16.6. The van der Waals surface area contributed by atoms with Gasteiger partial charge in [0.25, 0.3) is 0 Å². The lowest BCUT2D eigenvalue weighted by atomic mass is 9.93. The van der Waals surface area contributed by atoms with Gasteiger partial charge in [-0.3, -0.25) is 4.57 Å². The Bertz CT molecular complexity index is 1540. The number of para-hydroxylation sites is 2. The molecule has 2 saturated heterocycles. The number of morpholine rings is 1. The van der Waals surface area contributed by atoms with Crippen LogP contribution in [0.4, 0.5) is 10.6 Å². The van der Waals surface area contributed by atoms with Crippen molar-refractivity contribution in [1.29, 1.82) is 0 Å². The largest absolute Gasteiger partial charge is 0.444 e. The standard InChI is InChI=1S/C29H38N8O3/c1-19-30-21-8-6-7-9-22(21)37(19)27-32-25-24(26(33-27)35-14-16-39-17-15-35)31-23(34(25)5)18-20-10-12-36(13-11-20)28(38)40-29(2,3)4/h6-9,20H,10-18H2,1-5H3. The van der Waals surface area contributed by atoms with E-state index in [1.54, 1.807) is 0 Å². The zero-order valence-electron chi connectivity index (χ0n) is 24.1. The van der Waals surface area contributed by atoms with E-state index in [9.17, 15) is 4.79 Å². The second-order valence-electron chi connectivity index (χ2n) is 11.8. The predicted molar refractivity (Wildman–Crippen MR) is 153 cm³/mol. The molecular weight excluding hydrogens is 508 g/mol. The predicted octanol–water partition coefficient (Wildman–Crippen LogP) is 4.04. The average Bonchev–Trinajstić information content (AvgIpc) is 3.43. The Morgan fingerprint density at radius 3 is 2.48 bits per heavy atom. The van der Waals surface area contributed by atoms with Crippen LogP contribution in [-0.4, -0.2) is 85.1 Å². The Morgan fingerprint density at radius 1 is 1.02 bits per heavy atom. The molecule has 40 heavy (non-hydrogen) atoms. The molecule has 0 radical (unpaired) electrons. The number of piperidine rings is 1. The highest BCUT2D eigenvalue weighted by Crippen LogP contribution is 2.30. The zero-order chi connectivity index (χ0) is 28.0. The summed E-state index contributed by atoms with van der Waals surface area (Å²) in [5.41, 5.74) is 3.04. The van der Waals surface area contributed by atoms with E-state index >= 15 is 0 Å². The van der Waals surface area contributed by atoms with E-state index in [1.165, 1.54) is 0 Å². The third-order valence-electron chi connectivity index (χ3n) is 7.76. The minimum absolute atomic E-state index is 0.228. The number of carbonyl (C=O) groups excluding carboxylic acids is 1. The van der Waals surface area contributed by atoms with Crippen LogP contribution in [0, 0.1) is 12.8 Å². The SMILES string of the molecule is Cc1nc2ccccc2n1-c1nc(N2CCOCC2)c2nc(CC3CCN(C(=O)OC(C)(C)C)CC3)n(C)c2n1. The van der Waals surface area contributed by atoms with Crippen LogP contribution < -0.4 is 4.90 Å². The molecule has 2 aliphatic rings. The third kappa shape index (κ3) is 5.10. The molecule has 2 aliphatic heterocycles. The maximum atomic E-state index is 12.5. The minimum Gasteiger partial charge on any atom is -0.444 e. The van der Waals surface area contributed by atoms with Gasteiger partial charge in [-0.05, 0) is 58.6 Å². The Labute approximate surface area is 234 Å². The number of likely N-dealkylation sites (tertiary alicyclic amines) is 1. The molecule has 1 aromatic carbocycles. The van der Waals surface area contributed by atoms with E-state index in [1.807, 2.05) is 62.4 Å². The summed E-state index contributed by atoms with van der Waals surface area (Å²) in [5, 5.41) is 0. The van der Waals surface area contributed by atoms with E-state index < -0.39 is 5.60 Å². The van der Waals surface area contributed by atoms with Crippen molar-refractivity contribution < 1.29 is 14.3 Å². The number of anilines is 1. The summed E-state index contributed by atoms with van der Waals surface area (Å²) in [5.74, 6) is 3.68. The van der Waals surface area contributed by atoms with Crippen LogP contribution in [0.15, 0.2) is 24.3 Å². The molecule has 0 spiro atoms. The summed E-state index contributed by atoms with van der Waals surface area (Å²) < 4.78 is 15.3. The monoisotopic (exact) mass is 546 g/mol. The van der Waals surface area contributed by atoms with Crippen LogP contribution in [-0.2, 0) is 22.9 Å². The second kappa shape index (κ2) is 10.3. The van der Waals surface area contributed by atoms with Crippen LogP contribution in [0.3, 0.4) is 0 Å². The first-order chi connectivity index (χ1) is 19.2. The van der Waals surface area contributed by atoms with Crippen molar-refractivity contribution >= 4 is 34.1 Å².